The zero-order valence-corrected chi connectivity index (χ0v) is 21.0. The SMILES string of the molecule is C[C@@H]1C[C@H](NC(=O)O)C[C@H](c2ccncc2NC(=O)c2ccc(F)c(-c3c(F)cc(OCCO)cc3F)n2)C1. The molecule has 0 saturated heterocycles. The summed E-state index contributed by atoms with van der Waals surface area (Å²) in [7, 11) is 0. The minimum absolute atomic E-state index is 0.0737. The topological polar surface area (TPSA) is 134 Å². The maximum absolute atomic E-state index is 14.7. The first kappa shape index (κ1) is 27.8. The minimum Gasteiger partial charge on any atom is -0.491 e. The van der Waals surface area contributed by atoms with E-state index in [0.29, 0.717) is 18.5 Å². The zero-order valence-electron chi connectivity index (χ0n) is 21.0. The molecule has 1 aliphatic carbocycles. The van der Waals surface area contributed by atoms with Crippen LogP contribution < -0.4 is 15.4 Å². The molecule has 206 valence electrons. The van der Waals surface area contributed by atoms with Crippen molar-refractivity contribution in [2.75, 3.05) is 18.5 Å². The molecule has 1 aromatic carbocycles. The molecule has 12 heteroatoms. The fraction of sp³-hybridized carbons (Fsp3) is 0.333. The van der Waals surface area contributed by atoms with Crippen LogP contribution in [0.3, 0.4) is 0 Å². The molecule has 0 spiro atoms. The normalized spacial score (nSPS) is 18.8. The van der Waals surface area contributed by atoms with E-state index >= 15 is 0 Å². The van der Waals surface area contributed by atoms with Crippen molar-refractivity contribution in [3.63, 3.8) is 0 Å². The van der Waals surface area contributed by atoms with Crippen molar-refractivity contribution in [3.05, 3.63) is 71.4 Å². The number of aliphatic hydroxyl groups is 1. The highest BCUT2D eigenvalue weighted by Gasteiger charge is 2.30. The van der Waals surface area contributed by atoms with Crippen LogP contribution in [0.1, 0.15) is 48.2 Å². The van der Waals surface area contributed by atoms with Crippen LogP contribution in [0.25, 0.3) is 11.3 Å². The van der Waals surface area contributed by atoms with Gasteiger partial charge < -0.3 is 25.6 Å². The number of carbonyl (C=O) groups is 2. The Kier molecular flexibility index (Phi) is 8.65. The van der Waals surface area contributed by atoms with E-state index in [0.717, 1.165) is 36.2 Å². The van der Waals surface area contributed by atoms with Gasteiger partial charge in [-0.1, -0.05) is 6.92 Å². The van der Waals surface area contributed by atoms with E-state index in [1.165, 1.54) is 6.20 Å². The predicted octanol–water partition coefficient (Wildman–Crippen LogP) is 4.72. The summed E-state index contributed by atoms with van der Waals surface area (Å²) in [6, 6.07) is 5.14. The van der Waals surface area contributed by atoms with Crippen LogP contribution in [-0.2, 0) is 0 Å². The number of nitrogens with zero attached hydrogens (tertiary/aromatic N) is 2. The van der Waals surface area contributed by atoms with Gasteiger partial charge in [0.1, 0.15) is 41.2 Å². The number of aromatic nitrogens is 2. The second-order valence-electron chi connectivity index (χ2n) is 9.43. The molecule has 39 heavy (non-hydrogen) atoms. The molecule has 0 bridgehead atoms. The van der Waals surface area contributed by atoms with E-state index in [4.69, 9.17) is 14.9 Å². The highest BCUT2D eigenvalue weighted by Crippen LogP contribution is 2.39. The number of carbonyl (C=O) groups excluding carboxylic acids is 1. The van der Waals surface area contributed by atoms with Crippen LogP contribution in [0.4, 0.5) is 23.7 Å². The molecule has 1 aliphatic rings. The Morgan fingerprint density at radius 2 is 1.82 bits per heavy atom. The summed E-state index contributed by atoms with van der Waals surface area (Å²) < 4.78 is 49.1. The highest BCUT2D eigenvalue weighted by molar-refractivity contribution is 6.03. The van der Waals surface area contributed by atoms with Gasteiger partial charge in [0.25, 0.3) is 5.91 Å². The molecule has 2 amide bonds. The largest absolute Gasteiger partial charge is 0.491 e. The quantitative estimate of drug-likeness (QED) is 0.322. The predicted molar refractivity (Wildman–Crippen MR) is 135 cm³/mol. The monoisotopic (exact) mass is 544 g/mol. The van der Waals surface area contributed by atoms with E-state index in [9.17, 15) is 22.8 Å². The van der Waals surface area contributed by atoms with Gasteiger partial charge in [0.15, 0.2) is 0 Å². The van der Waals surface area contributed by atoms with Gasteiger partial charge in [-0.3, -0.25) is 9.78 Å². The van der Waals surface area contributed by atoms with Gasteiger partial charge in [0, 0.05) is 24.4 Å². The molecule has 3 atom stereocenters. The van der Waals surface area contributed by atoms with Crippen LogP contribution in [0.2, 0.25) is 0 Å². The summed E-state index contributed by atoms with van der Waals surface area (Å²) in [5, 5.41) is 23.2. The van der Waals surface area contributed by atoms with Gasteiger partial charge in [0.05, 0.1) is 24.1 Å². The molecule has 4 rings (SSSR count). The number of hydrogen-bond donors (Lipinski definition) is 4. The number of aliphatic hydroxyl groups excluding tert-OH is 1. The second kappa shape index (κ2) is 12.1. The Hall–Kier alpha value is -4.19. The Balaban J connectivity index is 1.60. The maximum atomic E-state index is 14.7. The highest BCUT2D eigenvalue weighted by atomic mass is 19.1. The Bertz CT molecular complexity index is 1350. The van der Waals surface area contributed by atoms with E-state index < -0.39 is 40.7 Å². The van der Waals surface area contributed by atoms with Crippen LogP contribution >= 0.6 is 0 Å². The third-order valence-electron chi connectivity index (χ3n) is 6.50. The Labute approximate surface area is 222 Å². The van der Waals surface area contributed by atoms with Gasteiger partial charge in [-0.25, -0.2) is 22.9 Å². The maximum Gasteiger partial charge on any atom is 0.404 e. The van der Waals surface area contributed by atoms with Gasteiger partial charge in [-0.2, -0.15) is 0 Å². The van der Waals surface area contributed by atoms with Crippen LogP contribution in [0.5, 0.6) is 5.75 Å². The molecular weight excluding hydrogens is 517 g/mol. The first-order chi connectivity index (χ1) is 18.7. The van der Waals surface area contributed by atoms with Crippen molar-refractivity contribution in [1.29, 1.82) is 0 Å². The van der Waals surface area contributed by atoms with Crippen molar-refractivity contribution in [2.45, 2.75) is 38.1 Å². The number of ether oxygens (including phenoxy) is 1. The van der Waals surface area contributed by atoms with Crippen LogP contribution in [-0.4, -0.2) is 51.4 Å². The molecule has 0 aliphatic heterocycles. The third kappa shape index (κ3) is 6.63. The van der Waals surface area contributed by atoms with Crippen molar-refractivity contribution in [3.8, 4) is 17.0 Å². The lowest BCUT2D eigenvalue weighted by Crippen LogP contribution is -2.39. The van der Waals surface area contributed by atoms with Gasteiger partial charge in [0.2, 0.25) is 0 Å². The summed E-state index contributed by atoms with van der Waals surface area (Å²) in [5.41, 5.74) is -0.635. The van der Waals surface area contributed by atoms with Gasteiger partial charge in [-0.05, 0) is 54.9 Å². The summed E-state index contributed by atoms with van der Waals surface area (Å²) in [5.74, 6) is -4.14. The lowest BCUT2D eigenvalue weighted by atomic mass is 9.76. The molecular formula is C27H27F3N4O5. The summed E-state index contributed by atoms with van der Waals surface area (Å²) in [4.78, 5) is 32.3. The number of rotatable bonds is 8. The molecule has 1 fully saturated rings. The van der Waals surface area contributed by atoms with Gasteiger partial charge >= 0.3 is 6.09 Å². The molecule has 2 heterocycles. The third-order valence-corrected chi connectivity index (χ3v) is 6.50. The molecule has 9 nitrogen and oxygen atoms in total. The first-order valence-electron chi connectivity index (χ1n) is 12.3. The number of halogens is 3. The average Bonchev–Trinajstić information content (AvgIpc) is 2.87. The molecule has 1 saturated carbocycles. The van der Waals surface area contributed by atoms with Crippen molar-refractivity contribution in [1.82, 2.24) is 15.3 Å². The molecule has 0 unspecified atom stereocenters. The van der Waals surface area contributed by atoms with Crippen LogP contribution in [0.15, 0.2) is 42.7 Å². The van der Waals surface area contributed by atoms with Crippen molar-refractivity contribution >= 4 is 17.7 Å². The van der Waals surface area contributed by atoms with Gasteiger partial charge in [-0.15, -0.1) is 0 Å². The van der Waals surface area contributed by atoms with E-state index in [-0.39, 0.29) is 42.5 Å². The lowest BCUT2D eigenvalue weighted by molar-refractivity contribution is 0.102. The van der Waals surface area contributed by atoms with E-state index in [1.54, 1.807) is 12.3 Å². The van der Waals surface area contributed by atoms with E-state index in [1.807, 2.05) is 6.92 Å². The number of pyridine rings is 2. The lowest BCUT2D eigenvalue weighted by Gasteiger charge is -2.34. The fourth-order valence-corrected chi connectivity index (χ4v) is 4.97. The molecule has 2 aromatic heterocycles. The first-order valence-corrected chi connectivity index (χ1v) is 12.3. The van der Waals surface area contributed by atoms with Crippen LogP contribution in [0, 0.1) is 23.4 Å². The number of carboxylic acid groups (broad SMARTS) is 1. The second-order valence-corrected chi connectivity index (χ2v) is 9.43. The average molecular weight is 545 g/mol. The smallest absolute Gasteiger partial charge is 0.404 e. The Morgan fingerprint density at radius 1 is 1.08 bits per heavy atom. The van der Waals surface area contributed by atoms with Crippen molar-refractivity contribution in [2.24, 2.45) is 5.92 Å². The fourth-order valence-electron chi connectivity index (χ4n) is 4.97. The zero-order chi connectivity index (χ0) is 28.1. The summed E-state index contributed by atoms with van der Waals surface area (Å²) >= 11 is 0. The number of hydrogen-bond acceptors (Lipinski definition) is 6. The standard InChI is InChI=1S/C27H27F3N4O5/c1-14-8-15(10-16(9-14)32-27(37)38)18-4-5-31-13-23(18)34-26(36)22-3-2-19(28)25(33-22)24-20(29)11-17(12-21(24)30)39-7-6-35/h2-5,11-16,32,35H,6-10H2,1H3,(H,34,36)(H,37,38)/t14-,15+,16-/m0/s1. The number of amides is 2. The number of anilines is 1. The molecule has 0 radical (unpaired) electrons. The van der Waals surface area contributed by atoms with Crippen molar-refractivity contribution < 1.29 is 37.7 Å². The summed E-state index contributed by atoms with van der Waals surface area (Å²) in [6.07, 6.45) is 3.90. The number of nitrogens with one attached hydrogen (secondary N) is 2. The molecule has 3 aromatic rings. The summed E-state index contributed by atoms with van der Waals surface area (Å²) in [6.45, 7) is 1.47. The minimum atomic E-state index is -1.16. The Morgan fingerprint density at radius 3 is 2.51 bits per heavy atom. The molecule has 4 N–H and O–H groups in total. The number of benzene rings is 1. The van der Waals surface area contributed by atoms with E-state index in [2.05, 4.69) is 20.6 Å².